The van der Waals surface area contributed by atoms with E-state index < -0.39 is 8.25 Å². The lowest BCUT2D eigenvalue weighted by atomic mass is 13.6. The molecule has 0 amide bonds. The first kappa shape index (κ1) is 9.32. The zero-order chi connectivity index (χ0) is 4.28. The van der Waals surface area contributed by atoms with Gasteiger partial charge in [-0.1, -0.05) is 0 Å². The molecule has 0 radical (unpaired) electrons. The Balaban J connectivity index is 0. The van der Waals surface area contributed by atoms with Crippen molar-refractivity contribution in [2.75, 3.05) is 0 Å². The number of nitrogens with two attached hydrogens (primary N) is 1. The fraction of sp³-hybridized carbons (Fsp3) is 0. The highest BCUT2D eigenvalue weighted by Crippen LogP contribution is 2.07. The molecule has 0 aliphatic heterocycles. The van der Waals surface area contributed by atoms with Crippen LogP contribution in [-0.4, -0.2) is 4.89 Å². The summed E-state index contributed by atoms with van der Waals surface area (Å²) in [6, 6.07) is 0. The highest BCUT2D eigenvalue weighted by molar-refractivity contribution is 7.32. The summed E-state index contributed by atoms with van der Waals surface area (Å²) >= 11 is 0. The first-order chi connectivity index (χ1) is 2.27. The molecule has 4 nitrogen and oxygen atoms in total. The van der Waals surface area contributed by atoms with E-state index in [0.717, 1.165) is 0 Å². The smallest absolute Gasteiger partial charge is 0.269 e. The summed E-state index contributed by atoms with van der Waals surface area (Å²) in [5.41, 5.74) is 0. The number of hydrogen-bond acceptors (Lipinski definition) is 3. The molecule has 0 fully saturated rings. The van der Waals surface area contributed by atoms with E-state index in [0.29, 0.717) is 0 Å². The molecule has 0 aromatic heterocycles. The first-order valence-corrected chi connectivity index (χ1v) is 1.93. The lowest BCUT2D eigenvalue weighted by Crippen LogP contribution is -1.84. The maximum absolute atomic E-state index is 9.17. The Morgan fingerprint density at radius 2 is 2.00 bits per heavy atom. The normalized spacial score (nSPS) is 9.33. The Bertz CT molecular complexity index is 46.1. The monoisotopic (exact) mass is 116 g/mol. The molecule has 0 aromatic rings. The molecule has 6 heavy (non-hydrogen) atoms. The fourth-order valence-corrected chi connectivity index (χ4v) is 0. The molecule has 0 aliphatic rings. The fourth-order valence-electron chi connectivity index (χ4n) is 0. The third kappa shape index (κ3) is 9.08. The Morgan fingerprint density at radius 1 is 1.83 bits per heavy atom. The van der Waals surface area contributed by atoms with Gasteiger partial charge in [0.25, 0.3) is 0 Å². The van der Waals surface area contributed by atoms with Gasteiger partial charge in [-0.25, -0.2) is 0 Å². The van der Waals surface area contributed by atoms with Gasteiger partial charge in [0.05, 0.1) is 0 Å². The van der Waals surface area contributed by atoms with Crippen molar-refractivity contribution in [3.8, 4) is 0 Å². The third-order valence-electron chi connectivity index (χ3n) is 0.0902. The second-order valence-corrected chi connectivity index (χ2v) is 1.03. The minimum absolute atomic E-state index is 0. The van der Waals surface area contributed by atoms with Gasteiger partial charge in [-0.15, -0.1) is 4.89 Å². The molecule has 0 bridgehead atoms. The lowest BCUT2D eigenvalue weighted by Gasteiger charge is -1.55. The largest absolute Gasteiger partial charge is 0.713 e. The maximum Gasteiger partial charge on any atom is 0.713 e. The molecule has 0 saturated heterocycles. The Kier molecular flexibility index (Phi) is 7.63. The summed E-state index contributed by atoms with van der Waals surface area (Å²) < 4.78 is 12.5. The van der Waals surface area contributed by atoms with E-state index in [1.807, 2.05) is 0 Å². The van der Waals surface area contributed by atoms with Crippen molar-refractivity contribution in [3.05, 3.63) is 0 Å². The van der Waals surface area contributed by atoms with Crippen molar-refractivity contribution >= 4 is 8.25 Å². The third-order valence-corrected chi connectivity index (χ3v) is 0.271. The molecule has 38 valence electrons. The molecule has 3 N–H and O–H groups in total. The van der Waals surface area contributed by atoms with E-state index in [9.17, 15) is 0 Å². The number of rotatable bonds is 1. The van der Waals surface area contributed by atoms with Gasteiger partial charge in [0.1, 0.15) is 0 Å². The van der Waals surface area contributed by atoms with E-state index in [4.69, 9.17) is 9.46 Å². The van der Waals surface area contributed by atoms with Crippen LogP contribution in [0.4, 0.5) is 4.70 Å². The van der Waals surface area contributed by atoms with Gasteiger partial charge in [-0.2, -0.15) is 5.90 Å². The van der Waals surface area contributed by atoms with Gasteiger partial charge >= 0.3 is 8.25 Å². The van der Waals surface area contributed by atoms with Crippen LogP contribution in [0.3, 0.4) is 0 Å². The zero-order valence-electron chi connectivity index (χ0n) is 2.70. The quantitative estimate of drug-likeness (QED) is 0.363. The molecule has 0 saturated carbocycles. The second-order valence-electron chi connectivity index (χ2n) is 0.343. The summed E-state index contributed by atoms with van der Waals surface area (Å²) in [5.74, 6) is 4.14. The molecule has 0 rings (SSSR count). The maximum atomic E-state index is 9.17. The van der Waals surface area contributed by atoms with Crippen molar-refractivity contribution in [2.45, 2.75) is 0 Å². The second kappa shape index (κ2) is 4.91. The van der Waals surface area contributed by atoms with Crippen molar-refractivity contribution in [3.63, 3.8) is 0 Å². The molecule has 6 heteroatoms. The van der Waals surface area contributed by atoms with E-state index in [1.54, 1.807) is 0 Å². The molecule has 0 spiro atoms. The molecule has 0 heterocycles. The molecule has 0 aliphatic carbocycles. The highest BCUT2D eigenvalue weighted by atomic mass is 31.1. The predicted molar refractivity (Wildman–Crippen MR) is 17.6 cm³/mol. The van der Waals surface area contributed by atoms with Crippen LogP contribution in [-0.2, 0) is 9.19 Å². The van der Waals surface area contributed by atoms with Gasteiger partial charge in [0.2, 0.25) is 0 Å². The first-order valence-electron chi connectivity index (χ1n) is 0.801. The van der Waals surface area contributed by atoms with Crippen LogP contribution in [0.5, 0.6) is 0 Å². The van der Waals surface area contributed by atoms with E-state index in [-0.39, 0.29) is 4.70 Å². The van der Waals surface area contributed by atoms with Gasteiger partial charge in [-0.05, 0) is 4.62 Å². The summed E-state index contributed by atoms with van der Waals surface area (Å²) in [6.07, 6.45) is 0. The average Bonchev–Trinajstić information content (AvgIpc) is 1.38. The summed E-state index contributed by atoms with van der Waals surface area (Å²) in [7, 11) is -2.57. The standard InChI is InChI=1S/FH.H2NO3P/c;1-4-5(2)3/h1H;1H2/p+1. The minimum Gasteiger partial charge on any atom is -0.269 e. The van der Waals surface area contributed by atoms with Crippen LogP contribution < -0.4 is 5.90 Å². The molecule has 1 atom stereocenters. The van der Waals surface area contributed by atoms with Crippen LogP contribution in [0.15, 0.2) is 0 Å². The molecule has 0 aromatic carbocycles. The Labute approximate surface area is 34.2 Å². The van der Waals surface area contributed by atoms with Crippen LogP contribution >= 0.6 is 8.25 Å². The SMILES string of the molecule is F.NO[P+](=O)O. The summed E-state index contributed by atoms with van der Waals surface area (Å²) in [5, 5.41) is 0. The van der Waals surface area contributed by atoms with Crippen LogP contribution in [0, 0.1) is 0 Å². The molecular weight excluding hydrogens is 112 g/mol. The van der Waals surface area contributed by atoms with Crippen molar-refractivity contribution in [1.82, 2.24) is 0 Å². The Morgan fingerprint density at radius 3 is 2.00 bits per heavy atom. The van der Waals surface area contributed by atoms with Crippen molar-refractivity contribution < 1.29 is 18.8 Å². The average molecular weight is 116 g/mol. The number of halogens is 1. The van der Waals surface area contributed by atoms with Crippen molar-refractivity contribution in [1.29, 1.82) is 0 Å². The lowest BCUT2D eigenvalue weighted by molar-refractivity contribution is 0.292. The topological polar surface area (TPSA) is 72.5 Å². The number of hydrogen-bond donors (Lipinski definition) is 2. The van der Waals surface area contributed by atoms with Crippen LogP contribution in [0.1, 0.15) is 0 Å². The van der Waals surface area contributed by atoms with Crippen LogP contribution in [0.2, 0.25) is 0 Å². The van der Waals surface area contributed by atoms with Crippen molar-refractivity contribution in [2.24, 2.45) is 5.90 Å². The van der Waals surface area contributed by atoms with E-state index >= 15 is 0 Å². The van der Waals surface area contributed by atoms with Gasteiger partial charge in [0, 0.05) is 4.57 Å². The molecule has 1 unspecified atom stereocenters. The van der Waals surface area contributed by atoms with E-state index in [2.05, 4.69) is 10.5 Å². The highest BCUT2D eigenvalue weighted by Gasteiger charge is 2.04. The molecular formula is H4FNO3P+. The van der Waals surface area contributed by atoms with Gasteiger partial charge < -0.3 is 0 Å². The summed E-state index contributed by atoms with van der Waals surface area (Å²) in [4.78, 5) is 7.52. The zero-order valence-corrected chi connectivity index (χ0v) is 3.59. The van der Waals surface area contributed by atoms with Gasteiger partial charge in [-0.3, -0.25) is 4.70 Å². The van der Waals surface area contributed by atoms with Crippen LogP contribution in [0.25, 0.3) is 0 Å². The minimum atomic E-state index is -2.57. The Hall–Kier alpha value is -0.0900. The van der Waals surface area contributed by atoms with Gasteiger partial charge in [0.15, 0.2) is 0 Å². The predicted octanol–water partition coefficient (Wildman–Crippen LogP) is -0.321. The van der Waals surface area contributed by atoms with E-state index in [1.165, 1.54) is 0 Å². The summed E-state index contributed by atoms with van der Waals surface area (Å²) in [6.45, 7) is 0.